The summed E-state index contributed by atoms with van der Waals surface area (Å²) in [5, 5.41) is 12.5. The van der Waals surface area contributed by atoms with E-state index in [2.05, 4.69) is 14.9 Å². The molecule has 1 aromatic rings. The maximum Gasteiger partial charge on any atom is 0.240 e. The number of carbonyl (C=O) groups excluding carboxylic acids is 1. The second-order valence-electron chi connectivity index (χ2n) is 7.31. The van der Waals surface area contributed by atoms with Crippen molar-refractivity contribution < 1.29 is 23.1 Å². The lowest BCUT2D eigenvalue weighted by molar-refractivity contribution is -0.130. The summed E-state index contributed by atoms with van der Waals surface area (Å²) in [6, 6.07) is 7.56. The minimum Gasteiger partial charge on any atom is -0.394 e. The lowest BCUT2D eigenvalue weighted by Crippen LogP contribution is -2.51. The Labute approximate surface area is 167 Å². The van der Waals surface area contributed by atoms with Crippen LogP contribution in [-0.4, -0.2) is 76.4 Å². The molecule has 0 spiro atoms. The van der Waals surface area contributed by atoms with Gasteiger partial charge in [0.25, 0.3) is 0 Å². The Bertz CT molecular complexity index is 712. The molecule has 0 aliphatic carbocycles. The third-order valence-electron chi connectivity index (χ3n) is 4.67. The maximum atomic E-state index is 12.5. The molecule has 1 aromatic carbocycles. The topological polar surface area (TPSA) is 108 Å². The SMILES string of the molecule is CN(C)CCCNC(=O)C[C@@H]1CC[C@H](NS(=O)(=O)c2ccccc2)[C@@H](CO)O1. The lowest BCUT2D eigenvalue weighted by atomic mass is 9.98. The van der Waals surface area contributed by atoms with Crippen LogP contribution in [0.5, 0.6) is 0 Å². The molecule has 0 aromatic heterocycles. The number of hydrogen-bond acceptors (Lipinski definition) is 6. The number of ether oxygens (including phenoxy) is 1. The Morgan fingerprint density at radius 3 is 2.61 bits per heavy atom. The van der Waals surface area contributed by atoms with E-state index in [0.717, 1.165) is 13.0 Å². The first-order chi connectivity index (χ1) is 13.3. The Morgan fingerprint density at radius 1 is 1.25 bits per heavy atom. The first-order valence-corrected chi connectivity index (χ1v) is 11.0. The Kier molecular flexibility index (Phi) is 8.84. The van der Waals surface area contributed by atoms with Crippen molar-refractivity contribution in [3.8, 4) is 0 Å². The predicted octanol–water partition coefficient (Wildman–Crippen LogP) is 0.331. The van der Waals surface area contributed by atoms with Gasteiger partial charge in [0.05, 0.1) is 36.2 Å². The molecule has 158 valence electrons. The van der Waals surface area contributed by atoms with Crippen LogP contribution in [0.2, 0.25) is 0 Å². The van der Waals surface area contributed by atoms with E-state index in [9.17, 15) is 18.3 Å². The standard InChI is InChI=1S/C19H31N3O5S/c1-22(2)12-6-11-20-19(24)13-15-9-10-17(18(14-23)27-15)21-28(25,26)16-7-4-3-5-8-16/h3-5,7-8,15,17-18,21,23H,6,9-14H2,1-2H3,(H,20,24)/t15-,17-,18+/m0/s1. The molecular weight excluding hydrogens is 382 g/mol. The van der Waals surface area contributed by atoms with Crippen molar-refractivity contribution in [2.75, 3.05) is 33.8 Å². The number of sulfonamides is 1. The van der Waals surface area contributed by atoms with Gasteiger partial charge in [-0.2, -0.15) is 0 Å². The van der Waals surface area contributed by atoms with E-state index >= 15 is 0 Å². The third-order valence-corrected chi connectivity index (χ3v) is 6.18. The molecule has 3 N–H and O–H groups in total. The smallest absolute Gasteiger partial charge is 0.240 e. The van der Waals surface area contributed by atoms with Crippen LogP contribution in [-0.2, 0) is 19.6 Å². The van der Waals surface area contributed by atoms with Crippen molar-refractivity contribution in [2.24, 2.45) is 0 Å². The second-order valence-corrected chi connectivity index (χ2v) is 9.02. The second kappa shape index (κ2) is 10.9. The van der Waals surface area contributed by atoms with Crippen molar-refractivity contribution in [1.82, 2.24) is 14.9 Å². The van der Waals surface area contributed by atoms with Crippen molar-refractivity contribution in [3.63, 3.8) is 0 Å². The fraction of sp³-hybridized carbons (Fsp3) is 0.632. The van der Waals surface area contributed by atoms with Crippen molar-refractivity contribution in [1.29, 1.82) is 0 Å². The highest BCUT2D eigenvalue weighted by Crippen LogP contribution is 2.23. The number of aliphatic hydroxyl groups is 1. The van der Waals surface area contributed by atoms with Gasteiger partial charge < -0.3 is 20.1 Å². The number of carbonyl (C=O) groups is 1. The quantitative estimate of drug-likeness (QED) is 0.477. The van der Waals surface area contributed by atoms with E-state index in [1.807, 2.05) is 14.1 Å². The van der Waals surface area contributed by atoms with Gasteiger partial charge in [-0.1, -0.05) is 18.2 Å². The number of amides is 1. The highest BCUT2D eigenvalue weighted by molar-refractivity contribution is 7.89. The fourth-order valence-corrected chi connectivity index (χ4v) is 4.51. The van der Waals surface area contributed by atoms with Gasteiger partial charge in [0.15, 0.2) is 0 Å². The van der Waals surface area contributed by atoms with Gasteiger partial charge in [-0.3, -0.25) is 4.79 Å². The molecule has 0 unspecified atom stereocenters. The molecule has 0 bridgehead atoms. The monoisotopic (exact) mass is 413 g/mol. The first-order valence-electron chi connectivity index (χ1n) is 9.57. The van der Waals surface area contributed by atoms with Crippen LogP contribution >= 0.6 is 0 Å². The minimum absolute atomic E-state index is 0.0937. The number of aliphatic hydroxyl groups excluding tert-OH is 1. The van der Waals surface area contributed by atoms with Crippen LogP contribution in [0.1, 0.15) is 25.7 Å². The first kappa shape index (κ1) is 22.8. The summed E-state index contributed by atoms with van der Waals surface area (Å²) in [6.45, 7) is 1.19. The summed E-state index contributed by atoms with van der Waals surface area (Å²) in [4.78, 5) is 14.3. The van der Waals surface area contributed by atoms with Crippen molar-refractivity contribution in [3.05, 3.63) is 30.3 Å². The normalized spacial score (nSPS) is 22.9. The molecule has 0 saturated carbocycles. The van der Waals surface area contributed by atoms with Gasteiger partial charge >= 0.3 is 0 Å². The van der Waals surface area contributed by atoms with Gasteiger partial charge in [0.2, 0.25) is 15.9 Å². The zero-order valence-corrected chi connectivity index (χ0v) is 17.3. The molecule has 0 radical (unpaired) electrons. The largest absolute Gasteiger partial charge is 0.394 e. The van der Waals surface area contributed by atoms with Crippen LogP contribution in [0.4, 0.5) is 0 Å². The maximum absolute atomic E-state index is 12.5. The number of rotatable bonds is 10. The molecule has 1 aliphatic heterocycles. The molecule has 28 heavy (non-hydrogen) atoms. The third kappa shape index (κ3) is 7.14. The van der Waals surface area contributed by atoms with Gasteiger partial charge in [-0.05, 0) is 52.0 Å². The molecule has 1 amide bonds. The fourth-order valence-electron chi connectivity index (χ4n) is 3.19. The van der Waals surface area contributed by atoms with E-state index in [-0.39, 0.29) is 29.9 Å². The Hall–Kier alpha value is -1.52. The Morgan fingerprint density at radius 2 is 1.96 bits per heavy atom. The summed E-state index contributed by atoms with van der Waals surface area (Å²) in [5.74, 6) is -0.0937. The summed E-state index contributed by atoms with van der Waals surface area (Å²) in [7, 11) is 0.273. The number of hydrogen-bond donors (Lipinski definition) is 3. The number of nitrogens with zero attached hydrogens (tertiary/aromatic N) is 1. The molecule has 3 atom stereocenters. The number of benzene rings is 1. The summed E-state index contributed by atoms with van der Waals surface area (Å²) >= 11 is 0. The van der Waals surface area contributed by atoms with Crippen molar-refractivity contribution >= 4 is 15.9 Å². The molecule has 1 aliphatic rings. The highest BCUT2D eigenvalue weighted by Gasteiger charge is 2.34. The molecule has 9 heteroatoms. The summed E-state index contributed by atoms with van der Waals surface area (Å²) in [5.41, 5.74) is 0. The molecule has 1 heterocycles. The van der Waals surface area contributed by atoms with Crippen molar-refractivity contribution in [2.45, 2.75) is 48.8 Å². The van der Waals surface area contributed by atoms with E-state index in [4.69, 9.17) is 4.74 Å². The summed E-state index contributed by atoms with van der Waals surface area (Å²) < 4.78 is 33.4. The van der Waals surface area contributed by atoms with E-state index in [1.54, 1.807) is 18.2 Å². The Balaban J connectivity index is 1.83. The average molecular weight is 414 g/mol. The predicted molar refractivity (Wildman–Crippen MR) is 106 cm³/mol. The average Bonchev–Trinajstić information content (AvgIpc) is 2.67. The van der Waals surface area contributed by atoms with E-state index < -0.39 is 22.2 Å². The molecule has 2 rings (SSSR count). The zero-order chi connectivity index (χ0) is 20.6. The lowest BCUT2D eigenvalue weighted by Gasteiger charge is -2.35. The van der Waals surface area contributed by atoms with Crippen LogP contribution in [0.25, 0.3) is 0 Å². The minimum atomic E-state index is -3.69. The molecule has 1 saturated heterocycles. The zero-order valence-electron chi connectivity index (χ0n) is 16.5. The van der Waals surface area contributed by atoms with Crippen LogP contribution in [0.15, 0.2) is 35.2 Å². The van der Waals surface area contributed by atoms with Gasteiger partial charge in [0, 0.05) is 6.54 Å². The van der Waals surface area contributed by atoms with E-state index in [0.29, 0.717) is 19.4 Å². The summed E-state index contributed by atoms with van der Waals surface area (Å²) in [6.07, 6.45) is 1.10. The highest BCUT2D eigenvalue weighted by atomic mass is 32.2. The van der Waals surface area contributed by atoms with Crippen LogP contribution in [0, 0.1) is 0 Å². The van der Waals surface area contributed by atoms with E-state index in [1.165, 1.54) is 12.1 Å². The number of nitrogens with one attached hydrogen (secondary N) is 2. The van der Waals surface area contributed by atoms with Crippen LogP contribution < -0.4 is 10.0 Å². The van der Waals surface area contributed by atoms with Gasteiger partial charge in [0.1, 0.15) is 0 Å². The molecule has 8 nitrogen and oxygen atoms in total. The molecule has 1 fully saturated rings. The van der Waals surface area contributed by atoms with Gasteiger partial charge in [-0.15, -0.1) is 0 Å². The van der Waals surface area contributed by atoms with Gasteiger partial charge in [-0.25, -0.2) is 13.1 Å². The molecular formula is C19H31N3O5S. The van der Waals surface area contributed by atoms with Crippen LogP contribution in [0.3, 0.4) is 0 Å².